The van der Waals surface area contributed by atoms with Gasteiger partial charge in [0.25, 0.3) is 11.8 Å². The molecule has 0 bridgehead atoms. The summed E-state index contributed by atoms with van der Waals surface area (Å²) in [6, 6.07) is 23.8. The predicted molar refractivity (Wildman–Crippen MR) is 114 cm³/mol. The SMILES string of the molecule is CCN(Cc1ccccc1)C(=O)c1cccc(C(=O)Nc2ccccc2OC)c1. The molecule has 3 aromatic carbocycles. The maximum Gasteiger partial charge on any atom is 0.255 e. The zero-order valence-electron chi connectivity index (χ0n) is 16.6. The zero-order chi connectivity index (χ0) is 20.6. The molecule has 5 heteroatoms. The van der Waals surface area contributed by atoms with Crippen LogP contribution in [0.15, 0.2) is 78.9 Å². The topological polar surface area (TPSA) is 58.6 Å². The van der Waals surface area contributed by atoms with Crippen molar-refractivity contribution >= 4 is 17.5 Å². The van der Waals surface area contributed by atoms with E-state index in [4.69, 9.17) is 4.74 Å². The fourth-order valence-electron chi connectivity index (χ4n) is 3.05. The average Bonchev–Trinajstić information content (AvgIpc) is 2.78. The molecule has 3 aromatic rings. The summed E-state index contributed by atoms with van der Waals surface area (Å²) in [5.41, 5.74) is 2.54. The molecule has 0 aliphatic rings. The molecule has 2 amide bonds. The van der Waals surface area contributed by atoms with Crippen LogP contribution in [0, 0.1) is 0 Å². The van der Waals surface area contributed by atoms with Crippen molar-refractivity contribution in [2.24, 2.45) is 0 Å². The lowest BCUT2D eigenvalue weighted by molar-refractivity contribution is 0.0752. The molecule has 0 aliphatic carbocycles. The van der Waals surface area contributed by atoms with Gasteiger partial charge in [-0.15, -0.1) is 0 Å². The van der Waals surface area contributed by atoms with Gasteiger partial charge in [0.2, 0.25) is 0 Å². The molecule has 1 N–H and O–H groups in total. The standard InChI is InChI=1S/C24H24N2O3/c1-3-26(17-18-10-5-4-6-11-18)24(28)20-13-9-12-19(16-20)23(27)25-21-14-7-8-15-22(21)29-2/h4-16H,3,17H2,1-2H3,(H,25,27). The molecule has 0 saturated carbocycles. The number of hydrogen-bond acceptors (Lipinski definition) is 3. The van der Waals surface area contributed by atoms with Crippen LogP contribution in [-0.4, -0.2) is 30.4 Å². The van der Waals surface area contributed by atoms with E-state index in [1.807, 2.05) is 49.4 Å². The van der Waals surface area contributed by atoms with E-state index in [2.05, 4.69) is 5.32 Å². The first-order chi connectivity index (χ1) is 14.1. The molecule has 0 saturated heterocycles. The Labute approximate surface area is 170 Å². The second-order valence-electron chi connectivity index (χ2n) is 6.54. The average molecular weight is 388 g/mol. The third-order valence-corrected chi connectivity index (χ3v) is 4.61. The van der Waals surface area contributed by atoms with Crippen LogP contribution in [0.2, 0.25) is 0 Å². The summed E-state index contributed by atoms with van der Waals surface area (Å²) in [6.07, 6.45) is 0. The number of nitrogens with zero attached hydrogens (tertiary/aromatic N) is 1. The highest BCUT2D eigenvalue weighted by atomic mass is 16.5. The van der Waals surface area contributed by atoms with Crippen molar-refractivity contribution in [2.75, 3.05) is 19.0 Å². The zero-order valence-corrected chi connectivity index (χ0v) is 16.6. The highest BCUT2D eigenvalue weighted by molar-refractivity contribution is 6.06. The fraction of sp³-hybridized carbons (Fsp3) is 0.167. The molecule has 0 heterocycles. The molecule has 0 radical (unpaired) electrons. The van der Waals surface area contributed by atoms with Crippen LogP contribution >= 0.6 is 0 Å². The lowest BCUT2D eigenvalue weighted by Gasteiger charge is -2.21. The maximum atomic E-state index is 13.0. The van der Waals surface area contributed by atoms with Crippen LogP contribution < -0.4 is 10.1 Å². The number of methoxy groups -OCH3 is 1. The number of hydrogen-bond donors (Lipinski definition) is 1. The molecular weight excluding hydrogens is 364 g/mol. The number of ether oxygens (including phenoxy) is 1. The van der Waals surface area contributed by atoms with Crippen molar-refractivity contribution < 1.29 is 14.3 Å². The lowest BCUT2D eigenvalue weighted by atomic mass is 10.1. The van der Waals surface area contributed by atoms with E-state index in [9.17, 15) is 9.59 Å². The molecule has 29 heavy (non-hydrogen) atoms. The second kappa shape index (κ2) is 9.55. The van der Waals surface area contributed by atoms with Crippen molar-refractivity contribution in [1.29, 1.82) is 0 Å². The van der Waals surface area contributed by atoms with E-state index in [0.717, 1.165) is 5.56 Å². The van der Waals surface area contributed by atoms with Crippen molar-refractivity contribution in [3.8, 4) is 5.75 Å². The minimum atomic E-state index is -0.296. The number of anilines is 1. The molecule has 5 nitrogen and oxygen atoms in total. The van der Waals surface area contributed by atoms with E-state index in [0.29, 0.717) is 35.7 Å². The molecule has 3 rings (SSSR count). The third-order valence-electron chi connectivity index (χ3n) is 4.61. The first-order valence-corrected chi connectivity index (χ1v) is 9.50. The first kappa shape index (κ1) is 20.1. The second-order valence-corrected chi connectivity index (χ2v) is 6.54. The van der Waals surface area contributed by atoms with Crippen LogP contribution in [0.3, 0.4) is 0 Å². The van der Waals surface area contributed by atoms with Gasteiger partial charge in [-0.25, -0.2) is 0 Å². The number of amides is 2. The van der Waals surface area contributed by atoms with E-state index in [1.165, 1.54) is 0 Å². The van der Waals surface area contributed by atoms with Crippen molar-refractivity contribution in [3.05, 3.63) is 95.6 Å². The Morgan fingerprint density at radius 2 is 1.59 bits per heavy atom. The summed E-state index contributed by atoms with van der Waals surface area (Å²) >= 11 is 0. The Kier molecular flexibility index (Phi) is 6.63. The number of para-hydroxylation sites is 2. The minimum absolute atomic E-state index is 0.108. The van der Waals surface area contributed by atoms with Gasteiger partial charge in [0.05, 0.1) is 12.8 Å². The summed E-state index contributed by atoms with van der Waals surface area (Å²) in [7, 11) is 1.55. The van der Waals surface area contributed by atoms with Crippen molar-refractivity contribution in [1.82, 2.24) is 4.90 Å². The van der Waals surface area contributed by atoms with Gasteiger partial charge < -0.3 is 15.0 Å². The number of rotatable bonds is 7. The molecule has 148 valence electrons. The molecule has 0 aromatic heterocycles. The largest absolute Gasteiger partial charge is 0.495 e. The van der Waals surface area contributed by atoms with Crippen LogP contribution in [0.4, 0.5) is 5.69 Å². The van der Waals surface area contributed by atoms with Crippen LogP contribution in [0.5, 0.6) is 5.75 Å². The van der Waals surface area contributed by atoms with Crippen molar-refractivity contribution in [3.63, 3.8) is 0 Å². The molecule has 0 aliphatic heterocycles. The molecule has 0 spiro atoms. The lowest BCUT2D eigenvalue weighted by Crippen LogP contribution is -2.30. The maximum absolute atomic E-state index is 13.0. The van der Waals surface area contributed by atoms with Gasteiger partial charge >= 0.3 is 0 Å². The Hall–Kier alpha value is -3.60. The van der Waals surface area contributed by atoms with Gasteiger partial charge in [0, 0.05) is 24.2 Å². The van der Waals surface area contributed by atoms with Gasteiger partial charge in [-0.1, -0.05) is 48.5 Å². The molecule has 0 fully saturated rings. The van der Waals surface area contributed by atoms with Crippen LogP contribution in [0.1, 0.15) is 33.2 Å². The van der Waals surface area contributed by atoms with Gasteiger partial charge in [0.1, 0.15) is 5.75 Å². The number of carbonyl (C=O) groups is 2. The van der Waals surface area contributed by atoms with Gasteiger partial charge in [-0.3, -0.25) is 9.59 Å². The van der Waals surface area contributed by atoms with Crippen LogP contribution in [0.25, 0.3) is 0 Å². The quantitative estimate of drug-likeness (QED) is 0.643. The van der Waals surface area contributed by atoms with E-state index in [1.54, 1.807) is 48.4 Å². The van der Waals surface area contributed by atoms with E-state index in [-0.39, 0.29) is 11.8 Å². The Balaban J connectivity index is 1.77. The van der Waals surface area contributed by atoms with Crippen LogP contribution in [-0.2, 0) is 6.54 Å². The molecular formula is C24H24N2O3. The van der Waals surface area contributed by atoms with Gasteiger partial charge in [-0.2, -0.15) is 0 Å². The Bertz CT molecular complexity index is 986. The molecule has 0 atom stereocenters. The van der Waals surface area contributed by atoms with E-state index < -0.39 is 0 Å². The van der Waals surface area contributed by atoms with Gasteiger partial charge in [-0.05, 0) is 42.8 Å². The third kappa shape index (κ3) is 5.02. The number of benzene rings is 3. The highest BCUT2D eigenvalue weighted by Gasteiger charge is 2.17. The van der Waals surface area contributed by atoms with Gasteiger partial charge in [0.15, 0.2) is 0 Å². The normalized spacial score (nSPS) is 10.3. The summed E-state index contributed by atoms with van der Waals surface area (Å²) in [4.78, 5) is 27.4. The monoisotopic (exact) mass is 388 g/mol. The fourth-order valence-corrected chi connectivity index (χ4v) is 3.05. The first-order valence-electron chi connectivity index (χ1n) is 9.50. The summed E-state index contributed by atoms with van der Waals surface area (Å²) < 4.78 is 5.27. The summed E-state index contributed by atoms with van der Waals surface area (Å²) in [6.45, 7) is 3.04. The molecule has 0 unspecified atom stereocenters. The smallest absolute Gasteiger partial charge is 0.255 e. The number of nitrogens with one attached hydrogen (secondary N) is 1. The summed E-state index contributed by atoms with van der Waals surface area (Å²) in [5, 5.41) is 2.84. The number of carbonyl (C=O) groups excluding carboxylic acids is 2. The Morgan fingerprint density at radius 1 is 0.897 bits per heavy atom. The Morgan fingerprint density at radius 3 is 2.31 bits per heavy atom. The minimum Gasteiger partial charge on any atom is -0.495 e. The van der Waals surface area contributed by atoms with Crippen molar-refractivity contribution in [2.45, 2.75) is 13.5 Å². The highest BCUT2D eigenvalue weighted by Crippen LogP contribution is 2.24. The summed E-state index contributed by atoms with van der Waals surface area (Å²) in [5.74, 6) is 0.173. The predicted octanol–water partition coefficient (Wildman–Crippen LogP) is 4.61. The van der Waals surface area contributed by atoms with E-state index >= 15 is 0 Å².